The average molecular weight is 171 g/mol. The van der Waals surface area contributed by atoms with Crippen molar-refractivity contribution in [3.63, 3.8) is 0 Å². The van der Waals surface area contributed by atoms with E-state index in [2.05, 4.69) is 0 Å². The van der Waals surface area contributed by atoms with Gasteiger partial charge in [0.1, 0.15) is 5.82 Å². The minimum absolute atomic E-state index is 0.0709. The molecule has 1 rings (SSSR count). The van der Waals surface area contributed by atoms with Gasteiger partial charge in [-0.3, -0.25) is 0 Å². The van der Waals surface area contributed by atoms with Crippen LogP contribution in [0.1, 0.15) is 5.56 Å². The molecular formula is C7H4ClFN2. The zero-order valence-electron chi connectivity index (χ0n) is 5.44. The summed E-state index contributed by atoms with van der Waals surface area (Å²) < 4.78 is 12.7. The molecule has 0 atom stereocenters. The Morgan fingerprint density at radius 2 is 2.18 bits per heavy atom. The smallest absolute Gasteiger partial charge is 0.148 e. The minimum atomic E-state index is -0.658. The number of hydrogen-bond acceptors (Lipinski definition) is 2. The zero-order valence-corrected chi connectivity index (χ0v) is 6.19. The van der Waals surface area contributed by atoms with Crippen LogP contribution in [0, 0.1) is 17.1 Å². The number of benzene rings is 1. The minimum Gasteiger partial charge on any atom is -0.395 e. The van der Waals surface area contributed by atoms with Crippen LogP contribution >= 0.6 is 11.6 Å². The molecule has 11 heavy (non-hydrogen) atoms. The molecule has 0 bridgehead atoms. The van der Waals surface area contributed by atoms with Gasteiger partial charge in [0.15, 0.2) is 0 Å². The fraction of sp³-hybridized carbons (Fsp3) is 0. The van der Waals surface area contributed by atoms with Crippen molar-refractivity contribution in [2.75, 3.05) is 5.73 Å². The molecule has 0 aliphatic carbocycles. The first-order chi connectivity index (χ1) is 5.15. The summed E-state index contributed by atoms with van der Waals surface area (Å²) in [5.41, 5.74) is 5.24. The molecule has 0 amide bonds. The first kappa shape index (κ1) is 7.83. The van der Waals surface area contributed by atoms with Gasteiger partial charge in [-0.25, -0.2) is 4.39 Å². The van der Waals surface area contributed by atoms with Crippen LogP contribution in [0.5, 0.6) is 0 Å². The van der Waals surface area contributed by atoms with Crippen LogP contribution in [0.3, 0.4) is 0 Å². The first-order valence-corrected chi connectivity index (χ1v) is 3.17. The molecule has 1 aromatic carbocycles. The van der Waals surface area contributed by atoms with Crippen LogP contribution in [0.25, 0.3) is 0 Å². The highest BCUT2D eigenvalue weighted by Crippen LogP contribution is 2.22. The highest BCUT2D eigenvalue weighted by molar-refractivity contribution is 6.33. The van der Waals surface area contributed by atoms with E-state index in [1.54, 1.807) is 6.07 Å². The Labute approximate surface area is 68.0 Å². The lowest BCUT2D eigenvalue weighted by Crippen LogP contribution is -1.92. The highest BCUT2D eigenvalue weighted by atomic mass is 35.5. The first-order valence-electron chi connectivity index (χ1n) is 2.79. The van der Waals surface area contributed by atoms with E-state index in [-0.39, 0.29) is 16.3 Å². The third-order valence-corrected chi connectivity index (χ3v) is 1.52. The molecule has 0 spiro atoms. The van der Waals surface area contributed by atoms with Gasteiger partial charge in [0.05, 0.1) is 22.3 Å². The molecule has 0 saturated carbocycles. The quantitative estimate of drug-likeness (QED) is 0.605. The number of halogens is 2. The van der Waals surface area contributed by atoms with Crippen LogP contribution in [0.15, 0.2) is 12.1 Å². The van der Waals surface area contributed by atoms with Crippen LogP contribution in [0.2, 0.25) is 5.02 Å². The molecule has 56 valence electrons. The molecular weight excluding hydrogens is 167 g/mol. The number of anilines is 1. The van der Waals surface area contributed by atoms with Crippen molar-refractivity contribution in [3.05, 3.63) is 28.5 Å². The molecule has 0 fully saturated rings. The summed E-state index contributed by atoms with van der Waals surface area (Å²) >= 11 is 5.48. The van der Waals surface area contributed by atoms with E-state index in [4.69, 9.17) is 22.6 Å². The number of nitrogen functional groups attached to an aromatic ring is 1. The molecule has 1 aromatic rings. The van der Waals surface area contributed by atoms with Gasteiger partial charge in [0.2, 0.25) is 0 Å². The standard InChI is InChI=1S/C7H4ClFN2/c8-5-1-4(3-10)2-6(9)7(5)11/h1-2H,11H2. The van der Waals surface area contributed by atoms with Crippen molar-refractivity contribution in [2.45, 2.75) is 0 Å². The molecule has 0 aromatic heterocycles. The van der Waals surface area contributed by atoms with Gasteiger partial charge in [-0.1, -0.05) is 11.6 Å². The normalized spacial score (nSPS) is 9.18. The maximum absolute atomic E-state index is 12.7. The third-order valence-electron chi connectivity index (χ3n) is 1.21. The van der Waals surface area contributed by atoms with Crippen LogP contribution < -0.4 is 5.73 Å². The van der Waals surface area contributed by atoms with E-state index in [9.17, 15) is 4.39 Å². The predicted octanol–water partition coefficient (Wildman–Crippen LogP) is 1.93. The fourth-order valence-corrected chi connectivity index (χ4v) is 0.857. The summed E-state index contributed by atoms with van der Waals surface area (Å²) in [7, 11) is 0. The van der Waals surface area contributed by atoms with Gasteiger partial charge < -0.3 is 5.73 Å². The predicted molar refractivity (Wildman–Crippen MR) is 40.5 cm³/mol. The second kappa shape index (κ2) is 2.77. The lowest BCUT2D eigenvalue weighted by atomic mass is 10.2. The van der Waals surface area contributed by atoms with Crippen molar-refractivity contribution < 1.29 is 4.39 Å². The van der Waals surface area contributed by atoms with Crippen molar-refractivity contribution in [1.29, 1.82) is 5.26 Å². The number of hydrogen-bond donors (Lipinski definition) is 1. The fourth-order valence-electron chi connectivity index (χ4n) is 0.649. The third kappa shape index (κ3) is 1.41. The van der Waals surface area contributed by atoms with Gasteiger partial charge in [0.25, 0.3) is 0 Å². The Morgan fingerprint density at radius 3 is 2.64 bits per heavy atom. The van der Waals surface area contributed by atoms with Gasteiger partial charge >= 0.3 is 0 Å². The van der Waals surface area contributed by atoms with Crippen molar-refractivity contribution in [1.82, 2.24) is 0 Å². The van der Waals surface area contributed by atoms with Crippen molar-refractivity contribution >= 4 is 17.3 Å². The lowest BCUT2D eigenvalue weighted by molar-refractivity contribution is 0.632. The molecule has 0 aliphatic rings. The number of rotatable bonds is 0. The number of nitrogens with two attached hydrogens (primary N) is 1. The SMILES string of the molecule is N#Cc1cc(F)c(N)c(Cl)c1. The Hall–Kier alpha value is -1.27. The zero-order chi connectivity index (χ0) is 8.43. The van der Waals surface area contributed by atoms with Gasteiger partial charge in [-0.15, -0.1) is 0 Å². The summed E-state index contributed by atoms with van der Waals surface area (Å²) in [5, 5.41) is 8.43. The summed E-state index contributed by atoms with van der Waals surface area (Å²) in [4.78, 5) is 0. The Bertz CT molecular complexity index is 307. The lowest BCUT2D eigenvalue weighted by Gasteiger charge is -1.98. The average Bonchev–Trinajstić information content (AvgIpc) is 1.99. The number of nitriles is 1. The highest BCUT2D eigenvalue weighted by Gasteiger charge is 2.04. The summed E-state index contributed by atoms with van der Waals surface area (Å²) in [6.45, 7) is 0. The second-order valence-electron chi connectivity index (χ2n) is 1.97. The molecule has 2 nitrogen and oxygen atoms in total. The monoisotopic (exact) mass is 170 g/mol. The van der Waals surface area contributed by atoms with E-state index in [1.165, 1.54) is 6.07 Å². The van der Waals surface area contributed by atoms with Gasteiger partial charge in [-0.05, 0) is 12.1 Å². The summed E-state index contributed by atoms with van der Waals surface area (Å²) in [6.07, 6.45) is 0. The van der Waals surface area contributed by atoms with E-state index < -0.39 is 5.82 Å². The molecule has 0 radical (unpaired) electrons. The molecule has 0 unspecified atom stereocenters. The van der Waals surface area contributed by atoms with E-state index >= 15 is 0 Å². The molecule has 0 saturated heterocycles. The van der Waals surface area contributed by atoms with Crippen LogP contribution in [-0.2, 0) is 0 Å². The van der Waals surface area contributed by atoms with E-state index in [1.807, 2.05) is 0 Å². The molecule has 0 heterocycles. The van der Waals surface area contributed by atoms with E-state index in [0.29, 0.717) is 0 Å². The summed E-state index contributed by atoms with van der Waals surface area (Å²) in [5.74, 6) is -0.658. The van der Waals surface area contributed by atoms with Crippen molar-refractivity contribution in [3.8, 4) is 6.07 Å². The second-order valence-corrected chi connectivity index (χ2v) is 2.37. The number of nitrogens with zero attached hydrogens (tertiary/aromatic N) is 1. The van der Waals surface area contributed by atoms with Crippen LogP contribution in [0.4, 0.5) is 10.1 Å². The Morgan fingerprint density at radius 1 is 1.55 bits per heavy atom. The van der Waals surface area contributed by atoms with Gasteiger partial charge in [-0.2, -0.15) is 5.26 Å². The molecule has 2 N–H and O–H groups in total. The largest absolute Gasteiger partial charge is 0.395 e. The molecule has 4 heteroatoms. The van der Waals surface area contributed by atoms with Crippen LogP contribution in [-0.4, -0.2) is 0 Å². The summed E-state index contributed by atoms with van der Waals surface area (Å²) in [6, 6.07) is 4.12. The molecule has 0 aliphatic heterocycles. The maximum Gasteiger partial charge on any atom is 0.148 e. The Balaban J connectivity index is 3.35. The van der Waals surface area contributed by atoms with E-state index in [0.717, 1.165) is 6.07 Å². The van der Waals surface area contributed by atoms with Crippen molar-refractivity contribution in [2.24, 2.45) is 0 Å². The Kier molecular flexibility index (Phi) is 1.97. The maximum atomic E-state index is 12.7. The topological polar surface area (TPSA) is 49.8 Å². The van der Waals surface area contributed by atoms with Gasteiger partial charge in [0, 0.05) is 0 Å².